The quantitative estimate of drug-likeness (QED) is 0.518. The smallest absolute Gasteiger partial charge is 0.334 e. The van der Waals surface area contributed by atoms with Crippen molar-refractivity contribution < 1.29 is 28.6 Å². The van der Waals surface area contributed by atoms with Gasteiger partial charge in [-0.2, -0.15) is 0 Å². The Morgan fingerprint density at radius 3 is 2.73 bits per heavy atom. The van der Waals surface area contributed by atoms with Crippen LogP contribution in [0.15, 0.2) is 18.2 Å². The van der Waals surface area contributed by atoms with Gasteiger partial charge in [-0.1, -0.05) is 0 Å². The number of halogens is 1. The van der Waals surface area contributed by atoms with E-state index in [9.17, 15) is 18.8 Å². The van der Waals surface area contributed by atoms with Gasteiger partial charge in [0.25, 0.3) is 11.8 Å². The molecule has 3 rings (SSSR count). The fraction of sp³-hybridized carbons (Fsp3) is 0.286. The number of ether oxygens (including phenoxy) is 1. The van der Waals surface area contributed by atoms with Crippen LogP contribution in [-0.2, 0) is 14.3 Å². The fourth-order valence-electron chi connectivity index (χ4n) is 3.40. The van der Waals surface area contributed by atoms with Crippen molar-refractivity contribution in [1.82, 2.24) is 10.3 Å². The molecule has 0 bridgehead atoms. The molecule has 2 aromatic rings. The number of hydrogen-bond donors (Lipinski definition) is 4. The molecule has 8 nitrogen and oxygen atoms in total. The van der Waals surface area contributed by atoms with Gasteiger partial charge in [0.15, 0.2) is 6.10 Å². The molecule has 2 heterocycles. The molecule has 1 aliphatic rings. The van der Waals surface area contributed by atoms with E-state index in [1.807, 2.05) is 0 Å². The van der Waals surface area contributed by atoms with Crippen molar-refractivity contribution in [3.8, 4) is 0 Å². The van der Waals surface area contributed by atoms with Crippen LogP contribution in [0.1, 0.15) is 39.8 Å². The summed E-state index contributed by atoms with van der Waals surface area (Å²) in [6, 6.07) is 4.03. The second kappa shape index (κ2) is 8.50. The van der Waals surface area contributed by atoms with Crippen LogP contribution in [0.2, 0.25) is 0 Å². The standard InChI is InChI=1S/C21H22FN3O5/c1-4-30-17(21(28)29)9-23-20(27)18-10(2)16(24-11(18)3)8-14-13-7-12(22)5-6-15(13)25-19(14)26/h5-8,17,24H,4,9H2,1-3H3,(H,23,27)(H,25,26)(H,28,29). The summed E-state index contributed by atoms with van der Waals surface area (Å²) >= 11 is 0. The number of amides is 2. The second-order valence-corrected chi connectivity index (χ2v) is 6.86. The third-order valence-electron chi connectivity index (χ3n) is 4.85. The van der Waals surface area contributed by atoms with Crippen molar-refractivity contribution in [2.45, 2.75) is 26.9 Å². The van der Waals surface area contributed by atoms with Crippen LogP contribution in [-0.4, -0.2) is 47.1 Å². The van der Waals surface area contributed by atoms with Gasteiger partial charge >= 0.3 is 5.97 Å². The first-order valence-electron chi connectivity index (χ1n) is 9.37. The number of aromatic amines is 1. The van der Waals surface area contributed by atoms with E-state index >= 15 is 0 Å². The highest BCUT2D eigenvalue weighted by atomic mass is 19.1. The number of H-pyrrole nitrogens is 1. The number of benzene rings is 1. The van der Waals surface area contributed by atoms with Crippen molar-refractivity contribution in [2.75, 3.05) is 18.5 Å². The van der Waals surface area contributed by atoms with Gasteiger partial charge < -0.3 is 25.5 Å². The number of carboxylic acid groups (broad SMARTS) is 1. The molecule has 0 saturated carbocycles. The fourth-order valence-corrected chi connectivity index (χ4v) is 3.40. The Labute approximate surface area is 172 Å². The maximum absolute atomic E-state index is 13.6. The average Bonchev–Trinajstić information content (AvgIpc) is 3.14. The highest BCUT2D eigenvalue weighted by molar-refractivity contribution is 6.34. The molecule has 158 valence electrons. The first-order valence-corrected chi connectivity index (χ1v) is 9.37. The van der Waals surface area contributed by atoms with E-state index in [1.165, 1.54) is 18.2 Å². The first kappa shape index (κ1) is 21.3. The summed E-state index contributed by atoms with van der Waals surface area (Å²) in [7, 11) is 0. The molecule has 0 radical (unpaired) electrons. The Kier molecular flexibility index (Phi) is 6.02. The van der Waals surface area contributed by atoms with Gasteiger partial charge in [-0.05, 0) is 50.6 Å². The predicted octanol–water partition coefficient (Wildman–Crippen LogP) is 2.48. The minimum Gasteiger partial charge on any atom is -0.479 e. The molecule has 1 atom stereocenters. The third-order valence-corrected chi connectivity index (χ3v) is 4.85. The number of anilines is 1. The van der Waals surface area contributed by atoms with Crippen LogP contribution in [0.25, 0.3) is 11.6 Å². The number of aromatic nitrogens is 1. The number of aliphatic carboxylic acids is 1. The molecule has 1 unspecified atom stereocenters. The maximum Gasteiger partial charge on any atom is 0.334 e. The molecule has 1 aliphatic heterocycles. The Morgan fingerprint density at radius 1 is 1.33 bits per heavy atom. The molecule has 2 amide bonds. The third kappa shape index (κ3) is 4.11. The zero-order valence-electron chi connectivity index (χ0n) is 16.8. The van der Waals surface area contributed by atoms with Crippen molar-refractivity contribution in [1.29, 1.82) is 0 Å². The van der Waals surface area contributed by atoms with E-state index in [0.717, 1.165) is 0 Å². The van der Waals surface area contributed by atoms with Crippen LogP contribution in [0.5, 0.6) is 0 Å². The van der Waals surface area contributed by atoms with E-state index in [1.54, 1.807) is 26.8 Å². The van der Waals surface area contributed by atoms with E-state index in [0.29, 0.717) is 33.8 Å². The number of fused-ring (bicyclic) bond motifs is 1. The van der Waals surface area contributed by atoms with Crippen molar-refractivity contribution >= 4 is 35.1 Å². The number of carboxylic acids is 1. The van der Waals surface area contributed by atoms with Crippen molar-refractivity contribution in [2.24, 2.45) is 0 Å². The maximum atomic E-state index is 13.6. The Balaban J connectivity index is 1.87. The highest BCUT2D eigenvalue weighted by Gasteiger charge is 2.26. The molecular weight excluding hydrogens is 393 g/mol. The van der Waals surface area contributed by atoms with Gasteiger partial charge in [-0.25, -0.2) is 9.18 Å². The van der Waals surface area contributed by atoms with E-state index in [2.05, 4.69) is 15.6 Å². The Morgan fingerprint density at radius 2 is 2.07 bits per heavy atom. The lowest BCUT2D eigenvalue weighted by molar-refractivity contribution is -0.149. The lowest BCUT2D eigenvalue weighted by Crippen LogP contribution is -2.38. The number of carbonyl (C=O) groups is 3. The summed E-state index contributed by atoms with van der Waals surface area (Å²) in [5, 5.41) is 14.4. The van der Waals surface area contributed by atoms with E-state index in [4.69, 9.17) is 9.84 Å². The molecule has 0 aliphatic carbocycles. The zero-order valence-corrected chi connectivity index (χ0v) is 16.8. The van der Waals surface area contributed by atoms with Gasteiger partial charge in [-0.15, -0.1) is 0 Å². The van der Waals surface area contributed by atoms with Gasteiger partial charge in [-0.3, -0.25) is 9.59 Å². The van der Waals surface area contributed by atoms with Gasteiger partial charge in [0.05, 0.1) is 17.7 Å². The molecule has 1 aromatic carbocycles. The summed E-state index contributed by atoms with van der Waals surface area (Å²) < 4.78 is 18.7. The van der Waals surface area contributed by atoms with Gasteiger partial charge in [0.1, 0.15) is 5.82 Å². The number of carbonyl (C=O) groups excluding carboxylic acids is 2. The van der Waals surface area contributed by atoms with Crippen molar-refractivity contribution in [3.05, 3.63) is 52.1 Å². The van der Waals surface area contributed by atoms with Crippen LogP contribution < -0.4 is 10.6 Å². The molecule has 1 aromatic heterocycles. The number of aryl methyl sites for hydroxylation is 1. The summed E-state index contributed by atoms with van der Waals surface area (Å²) in [5.74, 6) is -2.45. The largest absolute Gasteiger partial charge is 0.479 e. The minimum absolute atomic E-state index is 0.183. The molecule has 30 heavy (non-hydrogen) atoms. The number of hydrogen-bond acceptors (Lipinski definition) is 4. The second-order valence-electron chi connectivity index (χ2n) is 6.86. The highest BCUT2D eigenvalue weighted by Crippen LogP contribution is 2.34. The molecule has 0 fully saturated rings. The topological polar surface area (TPSA) is 121 Å². The summed E-state index contributed by atoms with van der Waals surface area (Å²) in [4.78, 5) is 39.2. The summed E-state index contributed by atoms with van der Waals surface area (Å²) in [5.41, 5.74) is 3.25. The molecule has 0 spiro atoms. The Hall–Kier alpha value is -3.46. The van der Waals surface area contributed by atoms with Crippen LogP contribution in [0.4, 0.5) is 10.1 Å². The number of nitrogens with one attached hydrogen (secondary N) is 3. The lowest BCUT2D eigenvalue weighted by Gasteiger charge is -2.13. The summed E-state index contributed by atoms with van der Waals surface area (Å²) in [6.45, 7) is 5.10. The van der Waals surface area contributed by atoms with E-state index in [-0.39, 0.29) is 24.6 Å². The normalized spacial score (nSPS) is 15.1. The monoisotopic (exact) mass is 415 g/mol. The molecule has 4 N–H and O–H groups in total. The minimum atomic E-state index is -1.16. The van der Waals surface area contributed by atoms with E-state index < -0.39 is 23.8 Å². The SMILES string of the molecule is CCOC(CNC(=O)c1c(C)[nH]c(C=C2C(=O)Nc3ccc(F)cc32)c1C)C(=O)O. The average molecular weight is 415 g/mol. The lowest BCUT2D eigenvalue weighted by atomic mass is 10.0. The molecule has 9 heteroatoms. The van der Waals surface area contributed by atoms with Crippen LogP contribution >= 0.6 is 0 Å². The number of rotatable bonds is 7. The molecule has 0 saturated heterocycles. The zero-order chi connectivity index (χ0) is 22.0. The molecular formula is C21H22FN3O5. The van der Waals surface area contributed by atoms with Crippen molar-refractivity contribution in [3.63, 3.8) is 0 Å². The van der Waals surface area contributed by atoms with Crippen LogP contribution in [0, 0.1) is 19.7 Å². The first-order chi connectivity index (χ1) is 14.2. The van der Waals surface area contributed by atoms with Gasteiger partial charge in [0, 0.05) is 29.2 Å². The summed E-state index contributed by atoms with van der Waals surface area (Å²) in [6.07, 6.45) is 0.425. The Bertz CT molecular complexity index is 1060. The van der Waals surface area contributed by atoms with Gasteiger partial charge in [0.2, 0.25) is 0 Å². The van der Waals surface area contributed by atoms with Crippen LogP contribution in [0.3, 0.4) is 0 Å². The predicted molar refractivity (Wildman–Crippen MR) is 109 cm³/mol.